The first-order valence-electron chi connectivity index (χ1n) is 6.79. The standard InChI is InChI=1S/C16H16N2O2S/c1-12-6-2-3-7-13(12)10-11-17-16-14-8-4-5-9-15(14)21(19,20)18-16/h2-9H,10-11H2,1H3,(H,17,18). The molecule has 2 aromatic carbocycles. The van der Waals surface area contributed by atoms with Crippen LogP contribution in [0.5, 0.6) is 0 Å². The van der Waals surface area contributed by atoms with E-state index in [4.69, 9.17) is 0 Å². The predicted molar refractivity (Wildman–Crippen MR) is 83.1 cm³/mol. The summed E-state index contributed by atoms with van der Waals surface area (Å²) in [7, 11) is -3.44. The minimum atomic E-state index is -3.44. The zero-order valence-corrected chi connectivity index (χ0v) is 12.5. The molecule has 0 bridgehead atoms. The molecule has 0 saturated heterocycles. The van der Waals surface area contributed by atoms with Crippen LogP contribution in [0, 0.1) is 6.92 Å². The van der Waals surface area contributed by atoms with Crippen LogP contribution in [0.4, 0.5) is 0 Å². The van der Waals surface area contributed by atoms with Crippen molar-refractivity contribution in [3.8, 4) is 0 Å². The predicted octanol–water partition coefficient (Wildman–Crippen LogP) is 2.28. The lowest BCUT2D eigenvalue weighted by Gasteiger charge is -2.03. The van der Waals surface area contributed by atoms with Gasteiger partial charge in [-0.15, -0.1) is 0 Å². The van der Waals surface area contributed by atoms with E-state index in [1.165, 1.54) is 11.1 Å². The fraction of sp³-hybridized carbons (Fsp3) is 0.188. The van der Waals surface area contributed by atoms with E-state index in [2.05, 4.69) is 28.8 Å². The van der Waals surface area contributed by atoms with Crippen LogP contribution < -0.4 is 4.72 Å². The molecule has 0 spiro atoms. The quantitative estimate of drug-likeness (QED) is 0.945. The van der Waals surface area contributed by atoms with Crippen molar-refractivity contribution in [1.29, 1.82) is 0 Å². The van der Waals surface area contributed by atoms with Gasteiger partial charge in [-0.2, -0.15) is 0 Å². The second-order valence-electron chi connectivity index (χ2n) is 5.01. The second kappa shape index (κ2) is 5.33. The summed E-state index contributed by atoms with van der Waals surface area (Å²) in [5, 5.41) is 0. The molecule has 1 N–H and O–H groups in total. The van der Waals surface area contributed by atoms with E-state index in [1.807, 2.05) is 18.2 Å². The third-order valence-corrected chi connectivity index (χ3v) is 4.97. The van der Waals surface area contributed by atoms with Gasteiger partial charge in [-0.05, 0) is 36.6 Å². The van der Waals surface area contributed by atoms with Gasteiger partial charge >= 0.3 is 0 Å². The Morgan fingerprint density at radius 2 is 1.76 bits per heavy atom. The average Bonchev–Trinajstić information content (AvgIpc) is 2.73. The zero-order valence-electron chi connectivity index (χ0n) is 11.7. The lowest BCUT2D eigenvalue weighted by atomic mass is 10.1. The number of hydrogen-bond donors (Lipinski definition) is 1. The Balaban J connectivity index is 1.81. The number of rotatable bonds is 3. The normalized spacial score (nSPS) is 17.5. The van der Waals surface area contributed by atoms with Gasteiger partial charge in [0.25, 0.3) is 10.0 Å². The molecule has 1 heterocycles. The second-order valence-corrected chi connectivity index (χ2v) is 6.66. The Labute approximate surface area is 124 Å². The van der Waals surface area contributed by atoms with E-state index in [-0.39, 0.29) is 0 Å². The molecular formula is C16H16N2O2S. The van der Waals surface area contributed by atoms with E-state index in [1.54, 1.807) is 18.2 Å². The lowest BCUT2D eigenvalue weighted by Crippen LogP contribution is -2.22. The van der Waals surface area contributed by atoms with E-state index in [0.717, 1.165) is 6.42 Å². The lowest BCUT2D eigenvalue weighted by molar-refractivity contribution is 0.595. The van der Waals surface area contributed by atoms with Crippen LogP contribution in [0.3, 0.4) is 0 Å². The highest BCUT2D eigenvalue weighted by atomic mass is 32.2. The molecule has 0 fully saturated rings. The molecule has 0 unspecified atom stereocenters. The van der Waals surface area contributed by atoms with Gasteiger partial charge in [-0.3, -0.25) is 9.71 Å². The maximum atomic E-state index is 12.0. The third-order valence-electron chi connectivity index (χ3n) is 3.58. The number of sulfonamides is 1. The maximum absolute atomic E-state index is 12.0. The fourth-order valence-electron chi connectivity index (χ4n) is 2.43. The summed E-state index contributed by atoms with van der Waals surface area (Å²) >= 11 is 0. The first-order valence-corrected chi connectivity index (χ1v) is 8.27. The summed E-state index contributed by atoms with van der Waals surface area (Å²) in [5.74, 6) is 0.444. The number of aryl methyl sites for hydroxylation is 1. The summed E-state index contributed by atoms with van der Waals surface area (Å²) in [6.07, 6.45) is 0.792. The number of fused-ring (bicyclic) bond motifs is 1. The van der Waals surface area contributed by atoms with Crippen molar-refractivity contribution in [3.05, 3.63) is 65.2 Å². The summed E-state index contributed by atoms with van der Waals surface area (Å²) < 4.78 is 26.4. The molecule has 0 aliphatic carbocycles. The topological polar surface area (TPSA) is 58.5 Å². The highest BCUT2D eigenvalue weighted by Crippen LogP contribution is 2.22. The number of hydrogen-bond acceptors (Lipinski definition) is 3. The minimum Gasteiger partial charge on any atom is -0.267 e. The molecule has 4 nitrogen and oxygen atoms in total. The molecule has 1 aliphatic heterocycles. The number of nitrogens with one attached hydrogen (secondary N) is 1. The Hall–Kier alpha value is -2.14. The molecular weight excluding hydrogens is 284 g/mol. The number of amidine groups is 1. The van der Waals surface area contributed by atoms with Gasteiger partial charge in [-0.25, -0.2) is 8.42 Å². The average molecular weight is 300 g/mol. The Bertz CT molecular complexity index is 811. The Kier molecular flexibility index (Phi) is 3.51. The van der Waals surface area contributed by atoms with Crippen LogP contribution >= 0.6 is 0 Å². The van der Waals surface area contributed by atoms with Crippen molar-refractivity contribution < 1.29 is 8.42 Å². The highest BCUT2D eigenvalue weighted by Gasteiger charge is 2.29. The van der Waals surface area contributed by atoms with Crippen LogP contribution in [0.1, 0.15) is 16.7 Å². The summed E-state index contributed by atoms with van der Waals surface area (Å²) in [6.45, 7) is 2.62. The zero-order chi connectivity index (χ0) is 14.9. The summed E-state index contributed by atoms with van der Waals surface area (Å²) in [6, 6.07) is 15.1. The first-order chi connectivity index (χ1) is 10.1. The van der Waals surface area contributed by atoms with Crippen molar-refractivity contribution >= 4 is 15.9 Å². The molecule has 108 valence electrons. The van der Waals surface area contributed by atoms with Gasteiger partial charge in [0.2, 0.25) is 0 Å². The van der Waals surface area contributed by atoms with Gasteiger partial charge in [0.1, 0.15) is 5.84 Å². The highest BCUT2D eigenvalue weighted by molar-refractivity contribution is 7.90. The Morgan fingerprint density at radius 3 is 2.57 bits per heavy atom. The SMILES string of the molecule is Cc1ccccc1CCN=C1NS(=O)(=O)c2ccccc21. The number of nitrogens with zero attached hydrogens (tertiary/aromatic N) is 1. The molecule has 0 atom stereocenters. The van der Waals surface area contributed by atoms with E-state index >= 15 is 0 Å². The van der Waals surface area contributed by atoms with E-state index < -0.39 is 10.0 Å². The van der Waals surface area contributed by atoms with Crippen molar-refractivity contribution in [1.82, 2.24) is 4.72 Å². The molecule has 21 heavy (non-hydrogen) atoms. The van der Waals surface area contributed by atoms with Gasteiger partial charge < -0.3 is 0 Å². The minimum absolute atomic E-state index is 0.305. The molecule has 0 saturated carbocycles. The monoisotopic (exact) mass is 300 g/mol. The first kappa shape index (κ1) is 13.8. The maximum Gasteiger partial charge on any atom is 0.263 e. The molecule has 0 aromatic heterocycles. The van der Waals surface area contributed by atoms with Gasteiger partial charge in [-0.1, -0.05) is 36.4 Å². The van der Waals surface area contributed by atoms with E-state index in [0.29, 0.717) is 22.8 Å². The van der Waals surface area contributed by atoms with Crippen molar-refractivity contribution in [3.63, 3.8) is 0 Å². The molecule has 0 radical (unpaired) electrons. The van der Waals surface area contributed by atoms with Crippen LogP contribution in [-0.2, 0) is 16.4 Å². The van der Waals surface area contributed by atoms with Gasteiger partial charge in [0, 0.05) is 12.1 Å². The molecule has 1 aliphatic rings. The number of benzene rings is 2. The van der Waals surface area contributed by atoms with Crippen LogP contribution in [-0.4, -0.2) is 20.8 Å². The van der Waals surface area contributed by atoms with Crippen LogP contribution in [0.2, 0.25) is 0 Å². The summed E-state index contributed by atoms with van der Waals surface area (Å²) in [5.41, 5.74) is 3.11. The van der Waals surface area contributed by atoms with E-state index in [9.17, 15) is 8.42 Å². The largest absolute Gasteiger partial charge is 0.267 e. The smallest absolute Gasteiger partial charge is 0.263 e. The van der Waals surface area contributed by atoms with Crippen LogP contribution in [0.15, 0.2) is 58.4 Å². The van der Waals surface area contributed by atoms with Crippen molar-refractivity contribution in [2.24, 2.45) is 4.99 Å². The molecule has 3 rings (SSSR count). The van der Waals surface area contributed by atoms with Crippen molar-refractivity contribution in [2.75, 3.05) is 6.54 Å². The third kappa shape index (κ3) is 2.69. The number of aliphatic imine (C=N–C) groups is 1. The fourth-order valence-corrected chi connectivity index (χ4v) is 3.68. The van der Waals surface area contributed by atoms with Gasteiger partial charge in [0.05, 0.1) is 4.90 Å². The van der Waals surface area contributed by atoms with Crippen molar-refractivity contribution in [2.45, 2.75) is 18.2 Å². The molecule has 2 aromatic rings. The summed E-state index contributed by atoms with van der Waals surface area (Å²) in [4.78, 5) is 4.73. The molecule has 5 heteroatoms. The van der Waals surface area contributed by atoms with Gasteiger partial charge in [0.15, 0.2) is 0 Å². The van der Waals surface area contributed by atoms with Crippen LogP contribution in [0.25, 0.3) is 0 Å². The molecule has 0 amide bonds. The Morgan fingerprint density at radius 1 is 1.05 bits per heavy atom.